The second-order valence-corrected chi connectivity index (χ2v) is 8.38. The van der Waals surface area contributed by atoms with Gasteiger partial charge in [-0.15, -0.1) is 0 Å². The standard InChI is InChI=1S/C24H26BrNO5/c1-15(2)31-13-7-12-26-21(16-8-5-4-6-9-16)20(23(28)24(26)29)22(27)17-10-11-19(30-3)18(25)14-17/h4-6,8-11,14-15,21,27H,7,12-13H2,1-3H3/b22-20-. The number of methoxy groups -OCH3 is 1. The Hall–Kier alpha value is -2.64. The molecular weight excluding hydrogens is 462 g/mol. The summed E-state index contributed by atoms with van der Waals surface area (Å²) in [6, 6.07) is 13.6. The Labute approximate surface area is 190 Å². The minimum absolute atomic E-state index is 0.0815. The predicted molar refractivity (Wildman–Crippen MR) is 122 cm³/mol. The zero-order valence-electron chi connectivity index (χ0n) is 17.8. The summed E-state index contributed by atoms with van der Waals surface area (Å²) in [5, 5.41) is 11.1. The number of carbonyl (C=O) groups excluding carboxylic acids is 2. The molecule has 1 unspecified atom stereocenters. The van der Waals surface area contributed by atoms with Gasteiger partial charge in [-0.3, -0.25) is 9.59 Å². The summed E-state index contributed by atoms with van der Waals surface area (Å²) < 4.78 is 11.5. The molecule has 1 fully saturated rings. The van der Waals surface area contributed by atoms with Crippen molar-refractivity contribution in [2.75, 3.05) is 20.3 Å². The van der Waals surface area contributed by atoms with Gasteiger partial charge < -0.3 is 19.5 Å². The first-order valence-corrected chi connectivity index (χ1v) is 10.9. The number of hydrogen-bond acceptors (Lipinski definition) is 5. The maximum atomic E-state index is 13.0. The Balaban J connectivity index is 2.02. The van der Waals surface area contributed by atoms with Gasteiger partial charge in [0.2, 0.25) is 0 Å². The number of halogens is 1. The van der Waals surface area contributed by atoms with Crippen molar-refractivity contribution < 1.29 is 24.2 Å². The van der Waals surface area contributed by atoms with Crippen LogP contribution in [0, 0.1) is 0 Å². The normalized spacial score (nSPS) is 18.1. The van der Waals surface area contributed by atoms with E-state index in [1.165, 1.54) is 4.90 Å². The van der Waals surface area contributed by atoms with Crippen molar-refractivity contribution in [3.63, 3.8) is 0 Å². The molecule has 2 aromatic rings. The van der Waals surface area contributed by atoms with Crippen molar-refractivity contribution in [3.8, 4) is 5.75 Å². The van der Waals surface area contributed by atoms with Gasteiger partial charge in [0, 0.05) is 18.7 Å². The minimum Gasteiger partial charge on any atom is -0.507 e. The second kappa shape index (κ2) is 10.1. The number of amides is 1. The van der Waals surface area contributed by atoms with Gasteiger partial charge in [-0.25, -0.2) is 0 Å². The number of hydrogen-bond donors (Lipinski definition) is 1. The Kier molecular flexibility index (Phi) is 7.51. The topological polar surface area (TPSA) is 76.1 Å². The average molecular weight is 488 g/mol. The zero-order valence-corrected chi connectivity index (χ0v) is 19.4. The average Bonchev–Trinajstić information content (AvgIpc) is 3.01. The van der Waals surface area contributed by atoms with Crippen LogP contribution in [0.3, 0.4) is 0 Å². The van der Waals surface area contributed by atoms with Crippen LogP contribution in [0.1, 0.15) is 37.4 Å². The summed E-state index contributed by atoms with van der Waals surface area (Å²) in [5.41, 5.74) is 1.27. The minimum atomic E-state index is -0.692. The summed E-state index contributed by atoms with van der Waals surface area (Å²) in [4.78, 5) is 27.4. The van der Waals surface area contributed by atoms with Gasteiger partial charge in [-0.1, -0.05) is 30.3 Å². The molecule has 0 aromatic heterocycles. The van der Waals surface area contributed by atoms with E-state index in [4.69, 9.17) is 9.47 Å². The number of ether oxygens (including phenoxy) is 2. The van der Waals surface area contributed by atoms with Gasteiger partial charge in [0.25, 0.3) is 11.7 Å². The highest BCUT2D eigenvalue weighted by atomic mass is 79.9. The van der Waals surface area contributed by atoms with E-state index >= 15 is 0 Å². The monoisotopic (exact) mass is 487 g/mol. The Morgan fingerprint density at radius 3 is 2.48 bits per heavy atom. The molecule has 1 atom stereocenters. The van der Waals surface area contributed by atoms with E-state index in [0.29, 0.717) is 35.4 Å². The number of likely N-dealkylation sites (tertiary alicyclic amines) is 1. The van der Waals surface area contributed by atoms with Crippen molar-refractivity contribution in [3.05, 3.63) is 69.7 Å². The lowest BCUT2D eigenvalue weighted by Gasteiger charge is -2.25. The van der Waals surface area contributed by atoms with E-state index in [1.807, 2.05) is 44.2 Å². The number of benzene rings is 2. The van der Waals surface area contributed by atoms with Gasteiger partial charge in [0.1, 0.15) is 11.5 Å². The molecular formula is C24H26BrNO5. The molecule has 0 saturated carbocycles. The number of rotatable bonds is 8. The molecule has 0 spiro atoms. The Bertz CT molecular complexity index is 987. The number of ketones is 1. The lowest BCUT2D eigenvalue weighted by atomic mass is 9.95. The molecule has 1 saturated heterocycles. The van der Waals surface area contributed by atoms with Crippen molar-refractivity contribution >= 4 is 33.4 Å². The fourth-order valence-electron chi connectivity index (χ4n) is 3.62. The van der Waals surface area contributed by atoms with Crippen LogP contribution in [-0.4, -0.2) is 48.1 Å². The molecule has 0 aliphatic carbocycles. The molecule has 31 heavy (non-hydrogen) atoms. The highest BCUT2D eigenvalue weighted by Crippen LogP contribution is 2.40. The first kappa shape index (κ1) is 23.0. The molecule has 1 amide bonds. The summed E-state index contributed by atoms with van der Waals surface area (Å²) in [6.07, 6.45) is 0.678. The lowest BCUT2D eigenvalue weighted by Crippen LogP contribution is -2.31. The van der Waals surface area contributed by atoms with Gasteiger partial charge in [0.05, 0.1) is 29.3 Å². The highest BCUT2D eigenvalue weighted by molar-refractivity contribution is 9.10. The van der Waals surface area contributed by atoms with E-state index in [2.05, 4.69) is 15.9 Å². The number of nitrogens with zero attached hydrogens (tertiary/aromatic N) is 1. The van der Waals surface area contributed by atoms with Crippen LogP contribution in [0.5, 0.6) is 5.75 Å². The molecule has 2 aromatic carbocycles. The van der Waals surface area contributed by atoms with E-state index in [-0.39, 0.29) is 17.4 Å². The number of aliphatic hydroxyl groups is 1. The van der Waals surface area contributed by atoms with Gasteiger partial charge in [0.15, 0.2) is 0 Å². The largest absolute Gasteiger partial charge is 0.507 e. The van der Waals surface area contributed by atoms with Crippen LogP contribution >= 0.6 is 15.9 Å². The summed E-state index contributed by atoms with van der Waals surface area (Å²) in [6.45, 7) is 4.72. The van der Waals surface area contributed by atoms with Crippen LogP contribution in [0.2, 0.25) is 0 Å². The predicted octanol–water partition coefficient (Wildman–Crippen LogP) is 4.69. The molecule has 0 bridgehead atoms. The van der Waals surface area contributed by atoms with Crippen LogP contribution in [-0.2, 0) is 14.3 Å². The molecule has 6 nitrogen and oxygen atoms in total. The third-order valence-corrected chi connectivity index (χ3v) is 5.69. The van der Waals surface area contributed by atoms with Crippen molar-refractivity contribution in [1.29, 1.82) is 0 Å². The quantitative estimate of drug-likeness (QED) is 0.253. The van der Waals surface area contributed by atoms with Crippen molar-refractivity contribution in [2.24, 2.45) is 0 Å². The summed E-state index contributed by atoms with van der Waals surface area (Å²) >= 11 is 3.40. The first-order chi connectivity index (χ1) is 14.8. The highest BCUT2D eigenvalue weighted by Gasteiger charge is 2.45. The fourth-order valence-corrected chi connectivity index (χ4v) is 4.16. The number of Topliss-reactive ketones (excluding diaryl/α,β-unsaturated/α-hetero) is 1. The summed E-state index contributed by atoms with van der Waals surface area (Å²) in [7, 11) is 1.55. The second-order valence-electron chi connectivity index (χ2n) is 7.53. The van der Waals surface area contributed by atoms with Crippen LogP contribution in [0.4, 0.5) is 0 Å². The number of carbonyl (C=O) groups is 2. The molecule has 0 radical (unpaired) electrons. The molecule has 1 heterocycles. The SMILES string of the molecule is COc1ccc(/C(O)=C2/C(=O)C(=O)N(CCCOC(C)C)C2c2ccccc2)cc1Br. The van der Waals surface area contributed by atoms with E-state index in [9.17, 15) is 14.7 Å². The van der Waals surface area contributed by atoms with E-state index in [0.717, 1.165) is 5.56 Å². The van der Waals surface area contributed by atoms with E-state index < -0.39 is 17.7 Å². The first-order valence-electron chi connectivity index (χ1n) is 10.1. The van der Waals surface area contributed by atoms with Crippen LogP contribution in [0.25, 0.3) is 5.76 Å². The maximum absolute atomic E-state index is 13.0. The fraction of sp³-hybridized carbons (Fsp3) is 0.333. The van der Waals surface area contributed by atoms with Gasteiger partial charge in [-0.2, -0.15) is 0 Å². The zero-order chi connectivity index (χ0) is 22.5. The summed E-state index contributed by atoms with van der Waals surface area (Å²) in [5.74, 6) is -0.922. The van der Waals surface area contributed by atoms with Crippen LogP contribution in [0.15, 0.2) is 58.6 Å². The Morgan fingerprint density at radius 2 is 1.87 bits per heavy atom. The molecule has 3 rings (SSSR count). The Morgan fingerprint density at radius 1 is 1.16 bits per heavy atom. The smallest absolute Gasteiger partial charge is 0.295 e. The molecule has 164 valence electrons. The van der Waals surface area contributed by atoms with Gasteiger partial charge in [-0.05, 0) is 60.0 Å². The molecule has 1 aliphatic rings. The molecule has 1 N–H and O–H groups in total. The van der Waals surface area contributed by atoms with Crippen LogP contribution < -0.4 is 4.74 Å². The molecule has 7 heteroatoms. The van der Waals surface area contributed by atoms with Gasteiger partial charge >= 0.3 is 0 Å². The third kappa shape index (κ3) is 4.99. The number of aliphatic hydroxyl groups excluding tert-OH is 1. The maximum Gasteiger partial charge on any atom is 0.295 e. The third-order valence-electron chi connectivity index (χ3n) is 5.08. The van der Waals surface area contributed by atoms with Crippen molar-refractivity contribution in [1.82, 2.24) is 4.90 Å². The van der Waals surface area contributed by atoms with Crippen molar-refractivity contribution in [2.45, 2.75) is 32.4 Å². The lowest BCUT2D eigenvalue weighted by molar-refractivity contribution is -0.140. The van der Waals surface area contributed by atoms with E-state index in [1.54, 1.807) is 25.3 Å². The molecule has 1 aliphatic heterocycles.